The van der Waals surface area contributed by atoms with Gasteiger partial charge in [-0.15, -0.1) is 5.10 Å². The number of nitrogens with zero attached hydrogens (tertiary/aromatic N) is 3. The Morgan fingerprint density at radius 2 is 1.97 bits per heavy atom. The first-order chi connectivity index (χ1) is 15.2. The first kappa shape index (κ1) is 19.5. The van der Waals surface area contributed by atoms with Crippen LogP contribution in [-0.4, -0.2) is 21.2 Å². The van der Waals surface area contributed by atoms with Crippen molar-refractivity contribution in [1.82, 2.24) is 14.6 Å². The van der Waals surface area contributed by atoms with Crippen LogP contribution in [-0.2, 0) is 0 Å². The zero-order chi connectivity index (χ0) is 21.4. The van der Waals surface area contributed by atoms with Gasteiger partial charge in [-0.1, -0.05) is 61.1 Å². The summed E-state index contributed by atoms with van der Waals surface area (Å²) in [6.07, 6.45) is 3.90. The zero-order valence-corrected chi connectivity index (χ0v) is 18.1. The second kappa shape index (κ2) is 8.00. The second-order valence-corrected chi connectivity index (χ2v) is 8.35. The molecular formula is C24H21N3O3S. The SMILES string of the molecule is CCCCOc1ccccc1/C=c1\sc2nc(-c3oc4ccccc4c3C)nn2c1=O. The molecule has 0 N–H and O–H groups in total. The number of aryl methyl sites for hydroxylation is 1. The molecule has 7 heteroatoms. The van der Waals surface area contributed by atoms with Gasteiger partial charge in [-0.25, -0.2) is 0 Å². The minimum Gasteiger partial charge on any atom is -0.493 e. The van der Waals surface area contributed by atoms with Gasteiger partial charge in [-0.3, -0.25) is 4.79 Å². The van der Waals surface area contributed by atoms with Gasteiger partial charge in [0, 0.05) is 16.5 Å². The van der Waals surface area contributed by atoms with Crippen LogP contribution in [0.25, 0.3) is 33.6 Å². The van der Waals surface area contributed by atoms with Gasteiger partial charge in [0.1, 0.15) is 11.3 Å². The monoisotopic (exact) mass is 431 g/mol. The summed E-state index contributed by atoms with van der Waals surface area (Å²) in [7, 11) is 0. The molecule has 31 heavy (non-hydrogen) atoms. The van der Waals surface area contributed by atoms with E-state index in [0.29, 0.717) is 27.7 Å². The van der Waals surface area contributed by atoms with Crippen LogP contribution in [0.3, 0.4) is 0 Å². The van der Waals surface area contributed by atoms with E-state index >= 15 is 0 Å². The summed E-state index contributed by atoms with van der Waals surface area (Å²) >= 11 is 1.31. The molecule has 0 radical (unpaired) electrons. The molecule has 0 atom stereocenters. The number of ether oxygens (including phenoxy) is 1. The van der Waals surface area contributed by atoms with Crippen LogP contribution in [0.2, 0.25) is 0 Å². The highest BCUT2D eigenvalue weighted by Crippen LogP contribution is 2.31. The van der Waals surface area contributed by atoms with Crippen LogP contribution in [0.5, 0.6) is 5.75 Å². The van der Waals surface area contributed by atoms with E-state index in [1.807, 2.05) is 61.5 Å². The average molecular weight is 432 g/mol. The Kier molecular flexibility index (Phi) is 5.03. The van der Waals surface area contributed by atoms with Crippen molar-refractivity contribution in [2.45, 2.75) is 26.7 Å². The van der Waals surface area contributed by atoms with E-state index in [9.17, 15) is 4.79 Å². The van der Waals surface area contributed by atoms with Crippen molar-refractivity contribution in [3.63, 3.8) is 0 Å². The van der Waals surface area contributed by atoms with Crippen LogP contribution in [0, 0.1) is 6.92 Å². The number of thiazole rings is 1. The predicted molar refractivity (Wildman–Crippen MR) is 123 cm³/mol. The molecule has 0 unspecified atom stereocenters. The maximum absolute atomic E-state index is 13.0. The number of para-hydroxylation sites is 2. The molecule has 5 aromatic rings. The Labute approximate surface area is 182 Å². The summed E-state index contributed by atoms with van der Waals surface area (Å²) in [5.74, 6) is 1.79. The minimum atomic E-state index is -0.198. The number of furan rings is 1. The summed E-state index contributed by atoms with van der Waals surface area (Å²) in [6.45, 7) is 4.75. The fourth-order valence-electron chi connectivity index (χ4n) is 3.52. The normalized spacial score (nSPS) is 12.3. The average Bonchev–Trinajstić information content (AvgIpc) is 3.43. The van der Waals surface area contributed by atoms with Gasteiger partial charge in [0.2, 0.25) is 10.8 Å². The third kappa shape index (κ3) is 3.51. The van der Waals surface area contributed by atoms with Gasteiger partial charge in [-0.2, -0.15) is 9.50 Å². The van der Waals surface area contributed by atoms with E-state index in [1.165, 1.54) is 15.9 Å². The predicted octanol–water partition coefficient (Wildman–Crippen LogP) is 4.60. The Balaban J connectivity index is 1.55. The topological polar surface area (TPSA) is 69.6 Å². The highest BCUT2D eigenvalue weighted by atomic mass is 32.1. The quantitative estimate of drug-likeness (QED) is 0.368. The lowest BCUT2D eigenvalue weighted by atomic mass is 10.1. The molecule has 2 aromatic carbocycles. The molecule has 0 fully saturated rings. The fraction of sp³-hybridized carbons (Fsp3) is 0.208. The van der Waals surface area contributed by atoms with Gasteiger partial charge >= 0.3 is 0 Å². The number of fused-ring (bicyclic) bond motifs is 2. The first-order valence-corrected chi connectivity index (χ1v) is 11.1. The molecule has 6 nitrogen and oxygen atoms in total. The summed E-state index contributed by atoms with van der Waals surface area (Å²) in [5, 5.41) is 5.46. The molecule has 0 bridgehead atoms. The fourth-order valence-corrected chi connectivity index (χ4v) is 4.42. The summed E-state index contributed by atoms with van der Waals surface area (Å²) in [6, 6.07) is 15.5. The van der Waals surface area contributed by atoms with Crippen molar-refractivity contribution < 1.29 is 9.15 Å². The summed E-state index contributed by atoms with van der Waals surface area (Å²) in [5.41, 5.74) is 2.42. The van der Waals surface area contributed by atoms with Crippen molar-refractivity contribution in [2.24, 2.45) is 0 Å². The van der Waals surface area contributed by atoms with Gasteiger partial charge in [0.25, 0.3) is 5.56 Å². The van der Waals surface area contributed by atoms with Crippen LogP contribution in [0.4, 0.5) is 0 Å². The van der Waals surface area contributed by atoms with E-state index in [4.69, 9.17) is 9.15 Å². The Bertz CT molecular complexity index is 1500. The lowest BCUT2D eigenvalue weighted by Crippen LogP contribution is -2.23. The summed E-state index contributed by atoms with van der Waals surface area (Å²) in [4.78, 5) is 18.1. The van der Waals surface area contributed by atoms with Crippen molar-refractivity contribution in [3.8, 4) is 17.3 Å². The second-order valence-electron chi connectivity index (χ2n) is 7.34. The van der Waals surface area contributed by atoms with Crippen LogP contribution in [0.1, 0.15) is 30.9 Å². The number of hydrogen-bond acceptors (Lipinski definition) is 6. The molecule has 0 aliphatic carbocycles. The highest BCUT2D eigenvalue weighted by Gasteiger charge is 2.19. The number of aromatic nitrogens is 3. The van der Waals surface area contributed by atoms with Crippen LogP contribution in [0.15, 0.2) is 57.7 Å². The number of benzene rings is 2. The smallest absolute Gasteiger partial charge is 0.291 e. The first-order valence-electron chi connectivity index (χ1n) is 10.3. The molecule has 0 saturated heterocycles. The number of unbranched alkanes of at least 4 members (excludes halogenated alkanes) is 1. The van der Waals surface area contributed by atoms with E-state index in [-0.39, 0.29) is 5.56 Å². The lowest BCUT2D eigenvalue weighted by Gasteiger charge is -2.07. The molecule has 0 saturated carbocycles. The van der Waals surface area contributed by atoms with E-state index < -0.39 is 0 Å². The summed E-state index contributed by atoms with van der Waals surface area (Å²) < 4.78 is 13.7. The van der Waals surface area contributed by atoms with Crippen molar-refractivity contribution >= 4 is 33.3 Å². The van der Waals surface area contributed by atoms with Crippen molar-refractivity contribution in [3.05, 3.63) is 74.5 Å². The maximum atomic E-state index is 13.0. The standard InChI is InChI=1S/C24H21N3O3S/c1-3-4-13-29-18-11-7-5-9-16(18)14-20-23(28)27-24(31-20)25-22(26-27)21-15(2)17-10-6-8-12-19(17)30-21/h5-12,14H,3-4,13H2,1-2H3/b20-14-. The van der Waals surface area contributed by atoms with Gasteiger partial charge < -0.3 is 9.15 Å². The zero-order valence-electron chi connectivity index (χ0n) is 17.3. The molecule has 0 aliphatic heterocycles. The Hall–Kier alpha value is -3.45. The molecular weight excluding hydrogens is 410 g/mol. The van der Waals surface area contributed by atoms with Crippen LogP contribution < -0.4 is 14.8 Å². The molecule has 5 rings (SSSR count). The van der Waals surface area contributed by atoms with Crippen LogP contribution >= 0.6 is 11.3 Å². The van der Waals surface area contributed by atoms with Crippen molar-refractivity contribution in [1.29, 1.82) is 0 Å². The molecule has 0 spiro atoms. The molecule has 3 heterocycles. The van der Waals surface area contributed by atoms with Gasteiger partial charge in [0.05, 0.1) is 11.1 Å². The van der Waals surface area contributed by atoms with Gasteiger partial charge in [0.15, 0.2) is 5.76 Å². The molecule has 0 amide bonds. The maximum Gasteiger partial charge on any atom is 0.291 e. The molecule has 0 aliphatic rings. The van der Waals surface area contributed by atoms with E-state index in [2.05, 4.69) is 17.0 Å². The van der Waals surface area contributed by atoms with E-state index in [1.54, 1.807) is 0 Å². The van der Waals surface area contributed by atoms with Gasteiger partial charge in [-0.05, 0) is 31.6 Å². The third-order valence-electron chi connectivity index (χ3n) is 5.19. The van der Waals surface area contributed by atoms with E-state index in [0.717, 1.165) is 40.7 Å². The third-order valence-corrected chi connectivity index (χ3v) is 6.15. The number of hydrogen-bond donors (Lipinski definition) is 0. The Morgan fingerprint density at radius 3 is 2.77 bits per heavy atom. The highest BCUT2D eigenvalue weighted by molar-refractivity contribution is 7.15. The Morgan fingerprint density at radius 1 is 1.16 bits per heavy atom. The van der Waals surface area contributed by atoms with Crippen molar-refractivity contribution in [2.75, 3.05) is 6.61 Å². The lowest BCUT2D eigenvalue weighted by molar-refractivity contribution is 0.309. The minimum absolute atomic E-state index is 0.198. The molecule has 156 valence electrons. The molecule has 3 aromatic heterocycles. The number of rotatable bonds is 6. The largest absolute Gasteiger partial charge is 0.493 e.